The molecule has 1 saturated heterocycles. The molecule has 1 atom stereocenters. The van der Waals surface area contributed by atoms with E-state index in [1.807, 2.05) is 41.4 Å². The number of hydrogen-bond acceptors (Lipinski definition) is 4. The Morgan fingerprint density at radius 1 is 1.09 bits per heavy atom. The third kappa shape index (κ3) is 4.48. The molecule has 0 radical (unpaired) electrons. The quantitative estimate of drug-likeness (QED) is 0.719. The maximum atomic E-state index is 13.3. The number of likely N-dealkylation sites (tertiary alicyclic amines) is 1. The molecule has 2 N–H and O–H groups in total. The normalized spacial score (nSPS) is 17.2. The second-order valence-corrected chi connectivity index (χ2v) is 8.78. The van der Waals surface area contributed by atoms with Gasteiger partial charge in [0.1, 0.15) is 5.56 Å². The van der Waals surface area contributed by atoms with Crippen molar-refractivity contribution in [2.45, 2.75) is 58.2 Å². The first-order valence-electron chi connectivity index (χ1n) is 11.6. The number of nitrogens with two attached hydrogens (primary N) is 1. The molecule has 7 nitrogen and oxygen atoms in total. The summed E-state index contributed by atoms with van der Waals surface area (Å²) < 4.78 is 1.58. The summed E-state index contributed by atoms with van der Waals surface area (Å²) in [6.45, 7) is 5.37. The van der Waals surface area contributed by atoms with Crippen molar-refractivity contribution in [1.82, 2.24) is 14.4 Å². The highest BCUT2D eigenvalue weighted by Crippen LogP contribution is 2.24. The second kappa shape index (κ2) is 9.69. The molecule has 7 heteroatoms. The summed E-state index contributed by atoms with van der Waals surface area (Å²) in [6, 6.07) is 9.82. The smallest absolute Gasteiger partial charge is 0.263 e. The van der Waals surface area contributed by atoms with E-state index in [1.165, 1.54) is 0 Å². The van der Waals surface area contributed by atoms with E-state index in [0.717, 1.165) is 43.5 Å². The fourth-order valence-corrected chi connectivity index (χ4v) is 5.07. The van der Waals surface area contributed by atoms with Crippen LogP contribution in [0.3, 0.4) is 0 Å². The fourth-order valence-electron chi connectivity index (χ4n) is 5.07. The molecule has 0 spiro atoms. The van der Waals surface area contributed by atoms with Crippen LogP contribution in [0, 0.1) is 0 Å². The van der Waals surface area contributed by atoms with Crippen molar-refractivity contribution in [1.29, 1.82) is 0 Å². The molecule has 2 aliphatic heterocycles. The monoisotopic (exact) mass is 436 g/mol. The summed E-state index contributed by atoms with van der Waals surface area (Å²) >= 11 is 0. The van der Waals surface area contributed by atoms with Gasteiger partial charge in [-0.1, -0.05) is 37.3 Å². The van der Waals surface area contributed by atoms with Crippen LogP contribution in [0.1, 0.15) is 53.2 Å². The molecule has 170 valence electrons. The van der Waals surface area contributed by atoms with Gasteiger partial charge in [0.05, 0.1) is 6.04 Å². The number of aryl methyl sites for hydroxylation is 2. The van der Waals surface area contributed by atoms with Gasteiger partial charge in [-0.2, -0.15) is 0 Å². The predicted octanol–water partition coefficient (Wildman–Crippen LogP) is 1.95. The fraction of sp³-hybridized carbons (Fsp3) is 0.480. The van der Waals surface area contributed by atoms with Crippen molar-refractivity contribution in [2.75, 3.05) is 19.6 Å². The average Bonchev–Trinajstić information content (AvgIpc) is 3.32. The number of amides is 2. The topological polar surface area (TPSA) is 88.6 Å². The average molecular weight is 437 g/mol. The van der Waals surface area contributed by atoms with Crippen LogP contribution in [0.5, 0.6) is 0 Å². The summed E-state index contributed by atoms with van der Waals surface area (Å²) in [7, 11) is 0. The van der Waals surface area contributed by atoms with E-state index in [-0.39, 0.29) is 23.1 Å². The van der Waals surface area contributed by atoms with Crippen molar-refractivity contribution in [3.8, 4) is 0 Å². The number of primary amides is 1. The number of nitrogens with zero attached hydrogens (tertiary/aromatic N) is 3. The van der Waals surface area contributed by atoms with E-state index in [2.05, 4.69) is 11.8 Å². The van der Waals surface area contributed by atoms with Crippen molar-refractivity contribution in [3.05, 3.63) is 69.1 Å². The van der Waals surface area contributed by atoms with Crippen molar-refractivity contribution >= 4 is 11.8 Å². The summed E-state index contributed by atoms with van der Waals surface area (Å²) in [5.74, 6) is -0.550. The van der Waals surface area contributed by atoms with Gasteiger partial charge in [-0.05, 0) is 61.9 Å². The highest BCUT2D eigenvalue weighted by Gasteiger charge is 2.33. The van der Waals surface area contributed by atoms with Crippen LogP contribution in [0.25, 0.3) is 0 Å². The van der Waals surface area contributed by atoms with Crippen LogP contribution in [-0.4, -0.2) is 51.9 Å². The van der Waals surface area contributed by atoms with Crippen molar-refractivity contribution < 1.29 is 9.59 Å². The van der Waals surface area contributed by atoms with Gasteiger partial charge in [0.25, 0.3) is 11.5 Å². The number of rotatable bonds is 7. The zero-order valence-corrected chi connectivity index (χ0v) is 18.8. The van der Waals surface area contributed by atoms with E-state index < -0.39 is 5.91 Å². The van der Waals surface area contributed by atoms with E-state index in [9.17, 15) is 14.4 Å². The van der Waals surface area contributed by atoms with Gasteiger partial charge in [0.15, 0.2) is 0 Å². The number of benzene rings is 1. The molecule has 2 aliphatic rings. The molecule has 1 aromatic carbocycles. The number of aromatic nitrogens is 1. The van der Waals surface area contributed by atoms with E-state index >= 15 is 0 Å². The minimum absolute atomic E-state index is 0.0780. The Bertz CT molecular complexity index is 1040. The SMILES string of the molecule is CCC(C(=O)N1CCc2c(cn(CCc3ccccc3)c(=O)c2C(N)=O)C1)N1CCCC1. The van der Waals surface area contributed by atoms with E-state index in [0.29, 0.717) is 38.0 Å². The molecular formula is C25H32N4O3. The lowest BCUT2D eigenvalue weighted by Crippen LogP contribution is -2.49. The molecule has 3 heterocycles. The maximum absolute atomic E-state index is 13.3. The second-order valence-electron chi connectivity index (χ2n) is 8.78. The Morgan fingerprint density at radius 2 is 1.81 bits per heavy atom. The summed E-state index contributed by atoms with van der Waals surface area (Å²) in [5, 5.41) is 0. The molecule has 32 heavy (non-hydrogen) atoms. The number of hydrogen-bond donors (Lipinski definition) is 1. The predicted molar refractivity (Wildman–Crippen MR) is 123 cm³/mol. The molecule has 2 amide bonds. The van der Waals surface area contributed by atoms with Gasteiger partial charge in [-0.15, -0.1) is 0 Å². The zero-order valence-electron chi connectivity index (χ0n) is 18.8. The first-order chi connectivity index (χ1) is 15.5. The standard InChI is InChI=1S/C25H32N4O3/c1-2-21(27-12-6-7-13-27)24(31)28-15-11-20-19(16-28)17-29(25(32)22(20)23(26)30)14-10-18-8-4-3-5-9-18/h3-5,8-9,17,21H,2,6-7,10-16H2,1H3,(H2,26,30). The summed E-state index contributed by atoms with van der Waals surface area (Å²) in [4.78, 5) is 42.7. The van der Waals surface area contributed by atoms with Crippen LogP contribution in [0.2, 0.25) is 0 Å². The maximum Gasteiger partial charge on any atom is 0.263 e. The van der Waals surface area contributed by atoms with Gasteiger partial charge < -0.3 is 15.2 Å². The van der Waals surface area contributed by atoms with Gasteiger partial charge in [0.2, 0.25) is 5.91 Å². The molecule has 1 fully saturated rings. The lowest BCUT2D eigenvalue weighted by molar-refractivity contribution is -0.137. The largest absolute Gasteiger partial charge is 0.365 e. The minimum atomic E-state index is -0.691. The Morgan fingerprint density at radius 3 is 2.47 bits per heavy atom. The van der Waals surface area contributed by atoms with Crippen LogP contribution in [0.4, 0.5) is 0 Å². The first-order valence-corrected chi connectivity index (χ1v) is 11.6. The molecule has 1 aromatic heterocycles. The third-order valence-corrected chi connectivity index (χ3v) is 6.76. The van der Waals surface area contributed by atoms with Crippen molar-refractivity contribution in [3.63, 3.8) is 0 Å². The van der Waals surface area contributed by atoms with Crippen LogP contribution >= 0.6 is 0 Å². The van der Waals surface area contributed by atoms with Gasteiger partial charge in [-0.3, -0.25) is 19.3 Å². The minimum Gasteiger partial charge on any atom is -0.365 e. The zero-order chi connectivity index (χ0) is 22.7. The van der Waals surface area contributed by atoms with E-state index in [4.69, 9.17) is 5.73 Å². The van der Waals surface area contributed by atoms with E-state index in [1.54, 1.807) is 4.57 Å². The van der Waals surface area contributed by atoms with Crippen LogP contribution in [-0.2, 0) is 30.7 Å². The Labute approximate surface area is 188 Å². The van der Waals surface area contributed by atoms with Crippen LogP contribution < -0.4 is 11.3 Å². The lowest BCUT2D eigenvalue weighted by Gasteiger charge is -2.35. The van der Waals surface area contributed by atoms with Gasteiger partial charge >= 0.3 is 0 Å². The van der Waals surface area contributed by atoms with Gasteiger partial charge in [-0.25, -0.2) is 0 Å². The molecule has 1 unspecified atom stereocenters. The number of fused-ring (bicyclic) bond motifs is 1. The molecular weight excluding hydrogens is 404 g/mol. The molecule has 4 rings (SSSR count). The molecule has 2 aromatic rings. The third-order valence-electron chi connectivity index (χ3n) is 6.76. The Balaban J connectivity index is 1.60. The number of pyridine rings is 1. The molecule has 0 aliphatic carbocycles. The van der Waals surface area contributed by atoms with Crippen molar-refractivity contribution in [2.24, 2.45) is 5.73 Å². The highest BCUT2D eigenvalue weighted by atomic mass is 16.2. The summed E-state index contributed by atoms with van der Waals surface area (Å²) in [5.41, 5.74) is 8.03. The Kier molecular flexibility index (Phi) is 6.74. The molecule has 0 saturated carbocycles. The number of carbonyl (C=O) groups excluding carboxylic acids is 2. The number of carbonyl (C=O) groups is 2. The Hall–Kier alpha value is -2.93. The van der Waals surface area contributed by atoms with Gasteiger partial charge in [0, 0.05) is 25.8 Å². The van der Waals surface area contributed by atoms with Crippen LogP contribution in [0.15, 0.2) is 41.3 Å². The lowest BCUT2D eigenvalue weighted by atomic mass is 9.95. The molecule has 0 bridgehead atoms. The highest BCUT2D eigenvalue weighted by molar-refractivity contribution is 5.94. The first kappa shape index (κ1) is 22.3. The summed E-state index contributed by atoms with van der Waals surface area (Å²) in [6.07, 6.45) is 6.04.